The summed E-state index contributed by atoms with van der Waals surface area (Å²) in [5, 5.41) is 2.02. The fourth-order valence-corrected chi connectivity index (χ4v) is 0.721. The first-order valence-corrected chi connectivity index (χ1v) is 4.29. The molecular formula is C4H9NO4P-. The van der Waals surface area contributed by atoms with Crippen LogP contribution in [0.25, 0.3) is 0 Å². The lowest BCUT2D eigenvalue weighted by Crippen LogP contribution is -2.33. The number of rotatable bonds is 2. The van der Waals surface area contributed by atoms with Gasteiger partial charge in [-0.2, -0.15) is 0 Å². The molecule has 0 aromatic heterocycles. The average molecular weight is 166 g/mol. The molecular weight excluding hydrogens is 157 g/mol. The third-order valence-corrected chi connectivity index (χ3v) is 2.01. The van der Waals surface area contributed by atoms with Gasteiger partial charge in [0.1, 0.15) is 0 Å². The van der Waals surface area contributed by atoms with Crippen molar-refractivity contribution < 1.29 is 19.1 Å². The van der Waals surface area contributed by atoms with Gasteiger partial charge in [-0.05, 0) is 6.92 Å². The number of carbonyl (C=O) groups excluding carboxylic acids is 1. The zero-order chi connectivity index (χ0) is 8.36. The van der Waals surface area contributed by atoms with E-state index in [4.69, 9.17) is 4.89 Å². The highest BCUT2D eigenvalue weighted by Gasteiger charge is 2.13. The van der Waals surface area contributed by atoms with Crippen LogP contribution < -0.4 is 10.2 Å². The van der Waals surface area contributed by atoms with Crippen LogP contribution in [0.5, 0.6) is 0 Å². The molecule has 0 saturated heterocycles. The van der Waals surface area contributed by atoms with Crippen LogP contribution in [-0.2, 0) is 9.36 Å². The van der Waals surface area contributed by atoms with Crippen molar-refractivity contribution in [3.8, 4) is 0 Å². The number of amides is 1. The molecule has 0 saturated carbocycles. The van der Waals surface area contributed by atoms with Crippen molar-refractivity contribution in [2.45, 2.75) is 19.6 Å². The van der Waals surface area contributed by atoms with Gasteiger partial charge in [-0.1, -0.05) is 0 Å². The summed E-state index contributed by atoms with van der Waals surface area (Å²) in [4.78, 5) is 28.8. The third-order valence-electron chi connectivity index (χ3n) is 0.902. The molecule has 0 aliphatic carbocycles. The molecule has 0 heterocycles. The van der Waals surface area contributed by atoms with E-state index in [9.17, 15) is 14.3 Å². The molecule has 60 valence electrons. The lowest BCUT2D eigenvalue weighted by Gasteiger charge is -2.23. The average Bonchev–Trinajstić information content (AvgIpc) is 1.60. The van der Waals surface area contributed by atoms with Crippen LogP contribution in [-0.4, -0.2) is 16.6 Å². The monoisotopic (exact) mass is 166 g/mol. The van der Waals surface area contributed by atoms with E-state index in [1.807, 2.05) is 5.32 Å². The molecule has 1 amide bonds. The maximum Gasteiger partial charge on any atom is 0.217 e. The van der Waals surface area contributed by atoms with Crippen molar-refractivity contribution in [2.24, 2.45) is 0 Å². The Kier molecular flexibility index (Phi) is 3.02. The van der Waals surface area contributed by atoms with Crippen molar-refractivity contribution in [1.29, 1.82) is 0 Å². The molecule has 5 nitrogen and oxygen atoms in total. The maximum absolute atomic E-state index is 10.2. The molecule has 10 heavy (non-hydrogen) atoms. The van der Waals surface area contributed by atoms with Crippen molar-refractivity contribution >= 4 is 13.5 Å². The summed E-state index contributed by atoms with van der Waals surface area (Å²) in [6.07, 6.45) is 0. The minimum atomic E-state index is -4.39. The molecule has 0 spiro atoms. The number of nitrogens with one attached hydrogen (secondary N) is 1. The molecule has 0 rings (SSSR count). The molecule has 1 unspecified atom stereocenters. The van der Waals surface area contributed by atoms with Crippen LogP contribution in [0, 0.1) is 0 Å². The fraction of sp³-hybridized carbons (Fsp3) is 0.750. The highest BCUT2D eigenvalue weighted by molar-refractivity contribution is 7.51. The third kappa shape index (κ3) is 3.61. The maximum atomic E-state index is 10.2. The summed E-state index contributed by atoms with van der Waals surface area (Å²) in [5.41, 5.74) is 0. The molecule has 2 N–H and O–H groups in total. The van der Waals surface area contributed by atoms with Crippen LogP contribution in [0.4, 0.5) is 0 Å². The van der Waals surface area contributed by atoms with Gasteiger partial charge in [0.2, 0.25) is 5.91 Å². The largest absolute Gasteiger partial charge is 0.777 e. The van der Waals surface area contributed by atoms with Gasteiger partial charge in [-0.25, -0.2) is 0 Å². The van der Waals surface area contributed by atoms with Gasteiger partial charge in [0, 0.05) is 6.92 Å². The molecule has 0 aromatic carbocycles. The highest BCUT2D eigenvalue weighted by Crippen LogP contribution is 2.33. The van der Waals surface area contributed by atoms with E-state index in [1.165, 1.54) is 13.8 Å². The first-order chi connectivity index (χ1) is 4.34. The fourth-order valence-electron chi connectivity index (χ4n) is 0.376. The predicted molar refractivity (Wildman–Crippen MR) is 33.1 cm³/mol. The molecule has 0 radical (unpaired) electrons. The summed E-state index contributed by atoms with van der Waals surface area (Å²) in [5.74, 6) is -1.69. The van der Waals surface area contributed by atoms with Crippen molar-refractivity contribution in [1.82, 2.24) is 5.32 Å². The highest BCUT2D eigenvalue weighted by atomic mass is 31.2. The summed E-state index contributed by atoms with van der Waals surface area (Å²) in [6, 6.07) is 0. The summed E-state index contributed by atoms with van der Waals surface area (Å²) < 4.78 is 10.2. The molecule has 0 bridgehead atoms. The van der Waals surface area contributed by atoms with Crippen molar-refractivity contribution in [2.75, 3.05) is 0 Å². The number of hydrogen-bond acceptors (Lipinski definition) is 3. The SMILES string of the molecule is CC(=O)N[C@H](C)P(=O)([O-])O. The second-order valence-electron chi connectivity index (χ2n) is 1.94. The van der Waals surface area contributed by atoms with Crippen LogP contribution in [0.2, 0.25) is 0 Å². The standard InChI is InChI=1S/C4H10NO4P/c1-3(6)5-4(2)10(7,8)9/h4H,1-2H3,(H,5,6)(H2,7,8,9)/p-1/t4-/m0/s1. The Labute approximate surface area is 58.6 Å². The topological polar surface area (TPSA) is 89.5 Å². The Morgan fingerprint density at radius 3 is 2.30 bits per heavy atom. The van der Waals surface area contributed by atoms with E-state index in [1.54, 1.807) is 0 Å². The number of hydrogen-bond donors (Lipinski definition) is 2. The molecule has 6 heteroatoms. The molecule has 0 aliphatic heterocycles. The van der Waals surface area contributed by atoms with Gasteiger partial charge in [0.05, 0.1) is 5.78 Å². The minimum absolute atomic E-state index is 0.488. The van der Waals surface area contributed by atoms with E-state index in [2.05, 4.69) is 0 Å². The second kappa shape index (κ2) is 3.14. The van der Waals surface area contributed by atoms with Crippen LogP contribution in [0.15, 0.2) is 0 Å². The van der Waals surface area contributed by atoms with Gasteiger partial charge in [-0.15, -0.1) is 0 Å². The predicted octanol–water partition coefficient (Wildman–Crippen LogP) is -0.986. The Balaban J connectivity index is 3.98. The van der Waals surface area contributed by atoms with Crippen LogP contribution in [0.3, 0.4) is 0 Å². The van der Waals surface area contributed by atoms with Gasteiger partial charge in [-0.3, -0.25) is 4.79 Å². The molecule has 2 atom stereocenters. The van der Waals surface area contributed by atoms with E-state index >= 15 is 0 Å². The Hall–Kier alpha value is -0.380. The van der Waals surface area contributed by atoms with Crippen molar-refractivity contribution in [3.63, 3.8) is 0 Å². The lowest BCUT2D eigenvalue weighted by atomic mass is 10.6. The Morgan fingerprint density at radius 2 is 2.20 bits per heavy atom. The smallest absolute Gasteiger partial charge is 0.217 e. The Morgan fingerprint density at radius 1 is 1.80 bits per heavy atom. The van der Waals surface area contributed by atoms with E-state index < -0.39 is 19.3 Å². The summed E-state index contributed by atoms with van der Waals surface area (Å²) >= 11 is 0. The second-order valence-corrected chi connectivity index (χ2v) is 3.84. The molecule has 0 fully saturated rings. The van der Waals surface area contributed by atoms with Gasteiger partial charge < -0.3 is 19.7 Å². The lowest BCUT2D eigenvalue weighted by molar-refractivity contribution is -0.196. The van der Waals surface area contributed by atoms with Gasteiger partial charge >= 0.3 is 0 Å². The van der Waals surface area contributed by atoms with Crippen molar-refractivity contribution in [3.05, 3.63) is 0 Å². The quantitative estimate of drug-likeness (QED) is 0.515. The zero-order valence-electron chi connectivity index (χ0n) is 5.70. The van der Waals surface area contributed by atoms with E-state index in [0.717, 1.165) is 0 Å². The van der Waals surface area contributed by atoms with Crippen LogP contribution >= 0.6 is 7.60 Å². The van der Waals surface area contributed by atoms with Gasteiger partial charge in [0.25, 0.3) is 0 Å². The van der Waals surface area contributed by atoms with Gasteiger partial charge in [0.15, 0.2) is 7.60 Å². The summed E-state index contributed by atoms with van der Waals surface area (Å²) in [7, 11) is -4.39. The summed E-state index contributed by atoms with van der Waals surface area (Å²) in [6.45, 7) is 2.36. The van der Waals surface area contributed by atoms with Crippen LogP contribution in [0.1, 0.15) is 13.8 Å². The molecule has 0 aliphatic rings. The normalized spacial score (nSPS) is 19.2. The minimum Gasteiger partial charge on any atom is -0.777 e. The Bertz CT molecular complexity index is 174. The van der Waals surface area contributed by atoms with E-state index in [-0.39, 0.29) is 0 Å². The number of carbonyl (C=O) groups is 1. The van der Waals surface area contributed by atoms with E-state index in [0.29, 0.717) is 0 Å². The zero-order valence-corrected chi connectivity index (χ0v) is 6.59. The molecule has 0 aromatic rings. The first kappa shape index (κ1) is 9.62. The first-order valence-electron chi connectivity index (χ1n) is 2.64.